The molecular weight excluding hydrogens is 254 g/mol. The molecule has 1 atom stereocenters. The molecule has 4 heteroatoms. The number of aldehydes is 1. The fourth-order valence-electron chi connectivity index (χ4n) is 2.13. The number of rotatable bonds is 6. The van der Waals surface area contributed by atoms with Gasteiger partial charge in [-0.05, 0) is 18.1 Å². The molecule has 2 N–H and O–H groups in total. The lowest BCUT2D eigenvalue weighted by Gasteiger charge is -2.33. The molecule has 0 aliphatic heterocycles. The predicted octanol–water partition coefficient (Wildman–Crippen LogP) is 2.27. The van der Waals surface area contributed by atoms with Gasteiger partial charge in [-0.25, -0.2) is 0 Å². The quantitative estimate of drug-likeness (QED) is 0.784. The summed E-state index contributed by atoms with van der Waals surface area (Å²) < 4.78 is 0. The molecule has 0 radical (unpaired) electrons. The summed E-state index contributed by atoms with van der Waals surface area (Å²) in [5, 5.41) is 12.9. The Labute approximate surface area is 120 Å². The summed E-state index contributed by atoms with van der Waals surface area (Å²) in [6, 6.07) is 6.45. The first-order chi connectivity index (χ1) is 9.27. The Hall–Kier alpha value is -1.68. The van der Waals surface area contributed by atoms with Crippen molar-refractivity contribution < 1.29 is 14.7 Å². The van der Waals surface area contributed by atoms with Crippen molar-refractivity contribution in [1.82, 2.24) is 5.32 Å². The lowest BCUT2D eigenvalue weighted by Crippen LogP contribution is -2.43. The van der Waals surface area contributed by atoms with Crippen molar-refractivity contribution in [2.45, 2.75) is 33.8 Å². The Kier molecular flexibility index (Phi) is 5.45. The fraction of sp³-hybridized carbons (Fsp3) is 0.500. The molecule has 0 aromatic heterocycles. The van der Waals surface area contributed by atoms with Crippen LogP contribution >= 0.6 is 0 Å². The van der Waals surface area contributed by atoms with Gasteiger partial charge in [-0.1, -0.05) is 39.8 Å². The van der Waals surface area contributed by atoms with Gasteiger partial charge in [0.25, 0.3) is 5.91 Å². The van der Waals surface area contributed by atoms with E-state index in [4.69, 9.17) is 0 Å². The molecule has 0 saturated carbocycles. The number of aliphatic hydroxyl groups is 1. The number of benzene rings is 1. The van der Waals surface area contributed by atoms with Crippen LogP contribution in [0.4, 0.5) is 0 Å². The Balaban J connectivity index is 2.64. The van der Waals surface area contributed by atoms with Gasteiger partial charge in [0, 0.05) is 23.1 Å². The molecule has 1 aromatic rings. The van der Waals surface area contributed by atoms with Crippen molar-refractivity contribution in [3.8, 4) is 0 Å². The van der Waals surface area contributed by atoms with Crippen molar-refractivity contribution in [2.24, 2.45) is 11.3 Å². The molecule has 20 heavy (non-hydrogen) atoms. The van der Waals surface area contributed by atoms with Crippen LogP contribution in [0.25, 0.3) is 0 Å². The molecular formula is C16H23NO3. The first-order valence-corrected chi connectivity index (χ1v) is 6.79. The number of amides is 1. The van der Waals surface area contributed by atoms with E-state index in [1.165, 1.54) is 0 Å². The third-order valence-electron chi connectivity index (χ3n) is 3.45. The SMILES string of the molecule is CC(C)C(O)C(C)(C)CNC(=O)c1ccc(C=O)cc1. The van der Waals surface area contributed by atoms with Crippen LogP contribution in [-0.2, 0) is 0 Å². The van der Waals surface area contributed by atoms with E-state index in [0.717, 1.165) is 6.29 Å². The van der Waals surface area contributed by atoms with Gasteiger partial charge in [0.1, 0.15) is 6.29 Å². The highest BCUT2D eigenvalue weighted by atomic mass is 16.3. The zero-order valence-corrected chi connectivity index (χ0v) is 12.5. The van der Waals surface area contributed by atoms with Crippen molar-refractivity contribution in [3.05, 3.63) is 35.4 Å². The summed E-state index contributed by atoms with van der Waals surface area (Å²) in [5.74, 6) is -0.0692. The predicted molar refractivity (Wildman–Crippen MR) is 78.8 cm³/mol. The molecule has 110 valence electrons. The standard InChI is InChI=1S/C16H23NO3/c1-11(2)14(19)16(3,4)10-17-15(20)13-7-5-12(9-18)6-8-13/h5-9,11,14,19H,10H2,1-4H3,(H,17,20). The average Bonchev–Trinajstić information content (AvgIpc) is 2.44. The highest BCUT2D eigenvalue weighted by Gasteiger charge is 2.30. The van der Waals surface area contributed by atoms with Gasteiger partial charge in [-0.2, -0.15) is 0 Å². The molecule has 1 unspecified atom stereocenters. The average molecular weight is 277 g/mol. The summed E-state index contributed by atoms with van der Waals surface area (Å²) in [6.07, 6.45) is 0.254. The molecule has 0 aliphatic carbocycles. The molecule has 0 saturated heterocycles. The van der Waals surface area contributed by atoms with E-state index in [9.17, 15) is 14.7 Å². The number of hydrogen-bond donors (Lipinski definition) is 2. The van der Waals surface area contributed by atoms with Crippen LogP contribution in [0.5, 0.6) is 0 Å². The molecule has 1 rings (SSSR count). The van der Waals surface area contributed by atoms with E-state index in [1.807, 2.05) is 27.7 Å². The summed E-state index contributed by atoms with van der Waals surface area (Å²) in [6.45, 7) is 8.14. The van der Waals surface area contributed by atoms with Crippen LogP contribution in [0.2, 0.25) is 0 Å². The third-order valence-corrected chi connectivity index (χ3v) is 3.45. The number of aliphatic hydroxyl groups excluding tert-OH is 1. The summed E-state index contributed by atoms with van der Waals surface area (Å²) in [5.41, 5.74) is 0.648. The Morgan fingerprint density at radius 2 is 1.85 bits per heavy atom. The van der Waals surface area contributed by atoms with Crippen molar-refractivity contribution >= 4 is 12.2 Å². The maximum Gasteiger partial charge on any atom is 0.251 e. The maximum absolute atomic E-state index is 12.0. The fourth-order valence-corrected chi connectivity index (χ4v) is 2.13. The lowest BCUT2D eigenvalue weighted by molar-refractivity contribution is 0.0138. The minimum Gasteiger partial charge on any atom is -0.392 e. The van der Waals surface area contributed by atoms with Gasteiger partial charge in [-0.3, -0.25) is 9.59 Å². The van der Waals surface area contributed by atoms with E-state index < -0.39 is 11.5 Å². The monoisotopic (exact) mass is 277 g/mol. The lowest BCUT2D eigenvalue weighted by atomic mass is 9.80. The Bertz CT molecular complexity index is 463. The number of nitrogens with one attached hydrogen (secondary N) is 1. The zero-order chi connectivity index (χ0) is 15.3. The number of hydrogen-bond acceptors (Lipinski definition) is 3. The minimum absolute atomic E-state index is 0.133. The second kappa shape index (κ2) is 6.66. The zero-order valence-electron chi connectivity index (χ0n) is 12.5. The van der Waals surface area contributed by atoms with Gasteiger partial charge in [0.2, 0.25) is 0 Å². The third kappa shape index (κ3) is 4.17. The molecule has 1 aromatic carbocycles. The van der Waals surface area contributed by atoms with Crippen LogP contribution in [-0.4, -0.2) is 29.9 Å². The smallest absolute Gasteiger partial charge is 0.251 e. The second-order valence-corrected chi connectivity index (χ2v) is 6.10. The van der Waals surface area contributed by atoms with E-state index in [1.54, 1.807) is 24.3 Å². The van der Waals surface area contributed by atoms with Crippen LogP contribution < -0.4 is 5.32 Å². The topological polar surface area (TPSA) is 66.4 Å². The molecule has 4 nitrogen and oxygen atoms in total. The molecule has 0 spiro atoms. The summed E-state index contributed by atoms with van der Waals surface area (Å²) in [7, 11) is 0. The van der Waals surface area contributed by atoms with Gasteiger partial charge in [-0.15, -0.1) is 0 Å². The van der Waals surface area contributed by atoms with Crippen molar-refractivity contribution in [2.75, 3.05) is 6.54 Å². The largest absolute Gasteiger partial charge is 0.392 e. The van der Waals surface area contributed by atoms with Crippen LogP contribution in [0.3, 0.4) is 0 Å². The van der Waals surface area contributed by atoms with Crippen molar-refractivity contribution in [1.29, 1.82) is 0 Å². The first kappa shape index (κ1) is 16.4. The number of carbonyl (C=O) groups excluding carboxylic acids is 2. The van der Waals surface area contributed by atoms with Crippen LogP contribution in [0.15, 0.2) is 24.3 Å². The molecule has 0 heterocycles. The highest BCUT2D eigenvalue weighted by Crippen LogP contribution is 2.25. The first-order valence-electron chi connectivity index (χ1n) is 6.79. The van der Waals surface area contributed by atoms with Crippen LogP contribution in [0, 0.1) is 11.3 Å². The van der Waals surface area contributed by atoms with Gasteiger partial charge >= 0.3 is 0 Å². The van der Waals surface area contributed by atoms with E-state index >= 15 is 0 Å². The molecule has 0 fully saturated rings. The minimum atomic E-state index is -0.486. The molecule has 0 aliphatic rings. The van der Waals surface area contributed by atoms with Gasteiger partial charge < -0.3 is 10.4 Å². The van der Waals surface area contributed by atoms with Gasteiger partial charge in [0.15, 0.2) is 0 Å². The Morgan fingerprint density at radius 3 is 2.30 bits per heavy atom. The van der Waals surface area contributed by atoms with E-state index in [0.29, 0.717) is 17.7 Å². The van der Waals surface area contributed by atoms with E-state index in [-0.39, 0.29) is 11.8 Å². The number of carbonyl (C=O) groups is 2. The highest BCUT2D eigenvalue weighted by molar-refractivity contribution is 5.94. The van der Waals surface area contributed by atoms with Crippen LogP contribution in [0.1, 0.15) is 48.4 Å². The summed E-state index contributed by atoms with van der Waals surface area (Å²) >= 11 is 0. The normalized spacial score (nSPS) is 13.1. The van der Waals surface area contributed by atoms with Crippen molar-refractivity contribution in [3.63, 3.8) is 0 Å². The summed E-state index contributed by atoms with van der Waals surface area (Å²) in [4.78, 5) is 22.6. The second-order valence-electron chi connectivity index (χ2n) is 6.10. The van der Waals surface area contributed by atoms with E-state index in [2.05, 4.69) is 5.32 Å². The molecule has 0 bridgehead atoms. The van der Waals surface area contributed by atoms with Gasteiger partial charge in [0.05, 0.1) is 6.10 Å². The Morgan fingerprint density at radius 1 is 1.30 bits per heavy atom. The maximum atomic E-state index is 12.0. The molecule has 1 amide bonds.